The molecule has 0 amide bonds. The zero-order valence-corrected chi connectivity index (χ0v) is 11.4. The molecule has 0 saturated carbocycles. The van der Waals surface area contributed by atoms with Gasteiger partial charge in [-0.2, -0.15) is 0 Å². The number of aryl methyl sites for hydroxylation is 1. The lowest BCUT2D eigenvalue weighted by atomic mass is 9.85. The summed E-state index contributed by atoms with van der Waals surface area (Å²) in [4.78, 5) is 4.95. The number of rotatable bonds is 0. The molecule has 1 aliphatic rings. The lowest BCUT2D eigenvalue weighted by Gasteiger charge is -2.20. The Kier molecular flexibility index (Phi) is 1.86. The van der Waals surface area contributed by atoms with Crippen molar-refractivity contribution in [3.8, 4) is 11.1 Å². The second kappa shape index (κ2) is 3.27. The number of hydrogen-bond acceptors (Lipinski definition) is 1. The molecule has 0 radical (unpaired) electrons. The number of hydrogen-bond donors (Lipinski definition) is 0. The van der Waals surface area contributed by atoms with Gasteiger partial charge in [-0.15, -0.1) is 0 Å². The molecule has 0 aliphatic heterocycles. The van der Waals surface area contributed by atoms with Gasteiger partial charge in [0.15, 0.2) is 0 Å². The summed E-state index contributed by atoms with van der Waals surface area (Å²) in [5.41, 5.74) is 6.26. The molecular formula is C17H16N2. The van der Waals surface area contributed by atoms with Crippen molar-refractivity contribution in [2.24, 2.45) is 7.05 Å². The molecule has 0 bridgehead atoms. The van der Waals surface area contributed by atoms with E-state index in [9.17, 15) is 0 Å². The van der Waals surface area contributed by atoms with E-state index in [1.165, 1.54) is 27.8 Å². The summed E-state index contributed by atoms with van der Waals surface area (Å²) in [6.07, 6.45) is 2.08. The third-order valence-electron chi connectivity index (χ3n) is 4.33. The van der Waals surface area contributed by atoms with Crippen LogP contribution in [0.25, 0.3) is 22.2 Å². The Morgan fingerprint density at radius 3 is 2.68 bits per heavy atom. The summed E-state index contributed by atoms with van der Waals surface area (Å²) < 4.78 is 2.09. The van der Waals surface area contributed by atoms with E-state index >= 15 is 0 Å². The molecule has 3 aromatic rings. The molecule has 4 rings (SSSR count). The van der Waals surface area contributed by atoms with Crippen molar-refractivity contribution >= 4 is 11.0 Å². The van der Waals surface area contributed by atoms with Crippen LogP contribution in [0, 0.1) is 0 Å². The summed E-state index contributed by atoms with van der Waals surface area (Å²) in [7, 11) is 2.05. The minimum atomic E-state index is -0.00954. The van der Waals surface area contributed by atoms with E-state index in [2.05, 4.69) is 68.1 Å². The predicted octanol–water partition coefficient (Wildman–Crippen LogP) is 3.88. The Bertz CT molecular complexity index is 809. The molecule has 0 atom stereocenters. The Hall–Kier alpha value is -2.09. The van der Waals surface area contributed by atoms with Crippen LogP contribution in [-0.4, -0.2) is 9.55 Å². The predicted molar refractivity (Wildman–Crippen MR) is 78.3 cm³/mol. The Balaban J connectivity index is 2.15. The summed E-state index contributed by atoms with van der Waals surface area (Å²) in [6.45, 7) is 4.53. The topological polar surface area (TPSA) is 17.8 Å². The van der Waals surface area contributed by atoms with Crippen LogP contribution >= 0.6 is 0 Å². The van der Waals surface area contributed by atoms with E-state index in [0.717, 1.165) is 5.65 Å². The molecule has 2 heteroatoms. The van der Waals surface area contributed by atoms with Crippen molar-refractivity contribution in [3.63, 3.8) is 0 Å². The maximum absolute atomic E-state index is 4.95. The Morgan fingerprint density at radius 2 is 1.84 bits per heavy atom. The summed E-state index contributed by atoms with van der Waals surface area (Å²) in [6, 6.07) is 13.1. The van der Waals surface area contributed by atoms with Gasteiger partial charge < -0.3 is 4.57 Å². The van der Waals surface area contributed by atoms with Crippen LogP contribution in [0.1, 0.15) is 25.1 Å². The maximum Gasteiger partial charge on any atom is 0.139 e. The second-order valence-electron chi connectivity index (χ2n) is 5.89. The minimum absolute atomic E-state index is 0.00954. The fourth-order valence-electron chi connectivity index (χ4n) is 3.26. The summed E-state index contributed by atoms with van der Waals surface area (Å²) >= 11 is 0. The number of nitrogens with zero attached hydrogens (tertiary/aromatic N) is 2. The van der Waals surface area contributed by atoms with Crippen molar-refractivity contribution in [2.75, 3.05) is 0 Å². The highest BCUT2D eigenvalue weighted by Crippen LogP contribution is 2.48. The number of fused-ring (bicyclic) bond motifs is 4. The first-order valence-corrected chi connectivity index (χ1v) is 6.65. The number of pyridine rings is 1. The standard InChI is InChI=1S/C17H16N2/c1-17(2)14-7-5-4-6-12(14)13-10-11-8-9-19(3)16(11)18-15(13)17/h4-10H,1-3H3. The van der Waals surface area contributed by atoms with Crippen molar-refractivity contribution in [1.29, 1.82) is 0 Å². The number of aromatic nitrogens is 2. The van der Waals surface area contributed by atoms with E-state index < -0.39 is 0 Å². The third kappa shape index (κ3) is 1.24. The van der Waals surface area contributed by atoms with Gasteiger partial charge in [0.2, 0.25) is 0 Å². The van der Waals surface area contributed by atoms with Gasteiger partial charge in [0, 0.05) is 29.6 Å². The largest absolute Gasteiger partial charge is 0.336 e. The van der Waals surface area contributed by atoms with Gasteiger partial charge in [-0.1, -0.05) is 38.1 Å². The molecule has 2 nitrogen and oxygen atoms in total. The van der Waals surface area contributed by atoms with E-state index in [1.54, 1.807) is 0 Å². The van der Waals surface area contributed by atoms with Gasteiger partial charge >= 0.3 is 0 Å². The monoisotopic (exact) mass is 248 g/mol. The Labute approximate surface area is 112 Å². The van der Waals surface area contributed by atoms with Crippen molar-refractivity contribution in [3.05, 3.63) is 53.9 Å². The van der Waals surface area contributed by atoms with Gasteiger partial charge in [0.05, 0.1) is 5.69 Å². The highest BCUT2D eigenvalue weighted by molar-refractivity contribution is 5.88. The van der Waals surface area contributed by atoms with Crippen molar-refractivity contribution < 1.29 is 0 Å². The highest BCUT2D eigenvalue weighted by Gasteiger charge is 2.37. The molecule has 0 saturated heterocycles. The van der Waals surface area contributed by atoms with Crippen molar-refractivity contribution in [1.82, 2.24) is 9.55 Å². The molecule has 19 heavy (non-hydrogen) atoms. The zero-order valence-electron chi connectivity index (χ0n) is 11.4. The van der Waals surface area contributed by atoms with Crippen LogP contribution in [0.4, 0.5) is 0 Å². The van der Waals surface area contributed by atoms with Gasteiger partial charge in [-0.05, 0) is 23.3 Å². The Morgan fingerprint density at radius 1 is 1.05 bits per heavy atom. The van der Waals surface area contributed by atoms with Crippen LogP contribution in [-0.2, 0) is 12.5 Å². The molecule has 2 heterocycles. The molecular weight excluding hydrogens is 232 g/mol. The zero-order chi connectivity index (χ0) is 13.2. The fourth-order valence-corrected chi connectivity index (χ4v) is 3.26. The average molecular weight is 248 g/mol. The van der Waals surface area contributed by atoms with Gasteiger partial charge in [-0.3, -0.25) is 0 Å². The SMILES string of the molecule is Cn1ccc2cc3c(nc21)C(C)(C)c1ccccc1-3. The molecule has 0 fully saturated rings. The molecule has 1 aromatic carbocycles. The summed E-state index contributed by atoms with van der Waals surface area (Å²) in [5, 5.41) is 1.22. The first-order chi connectivity index (χ1) is 9.09. The van der Waals surface area contributed by atoms with Gasteiger partial charge in [-0.25, -0.2) is 4.98 Å². The van der Waals surface area contributed by atoms with Crippen LogP contribution in [0.5, 0.6) is 0 Å². The normalized spacial score (nSPS) is 15.5. The van der Waals surface area contributed by atoms with Crippen LogP contribution in [0.2, 0.25) is 0 Å². The molecule has 0 N–H and O–H groups in total. The smallest absolute Gasteiger partial charge is 0.139 e. The minimum Gasteiger partial charge on any atom is -0.336 e. The quantitative estimate of drug-likeness (QED) is 0.590. The van der Waals surface area contributed by atoms with Gasteiger partial charge in [0.25, 0.3) is 0 Å². The molecule has 2 aromatic heterocycles. The van der Waals surface area contributed by atoms with E-state index in [0.29, 0.717) is 0 Å². The second-order valence-corrected chi connectivity index (χ2v) is 5.89. The first kappa shape index (κ1) is 10.8. The fraction of sp³-hybridized carbons (Fsp3) is 0.235. The van der Waals surface area contributed by atoms with E-state index in [1.807, 2.05) is 0 Å². The lowest BCUT2D eigenvalue weighted by Crippen LogP contribution is -2.16. The molecule has 94 valence electrons. The molecule has 0 unspecified atom stereocenters. The van der Waals surface area contributed by atoms with Crippen LogP contribution < -0.4 is 0 Å². The average Bonchev–Trinajstić information content (AvgIpc) is 2.88. The maximum atomic E-state index is 4.95. The van der Waals surface area contributed by atoms with Crippen LogP contribution in [0.15, 0.2) is 42.6 Å². The highest BCUT2D eigenvalue weighted by atomic mass is 15.0. The van der Waals surface area contributed by atoms with Crippen molar-refractivity contribution in [2.45, 2.75) is 19.3 Å². The van der Waals surface area contributed by atoms with E-state index in [-0.39, 0.29) is 5.41 Å². The summed E-state index contributed by atoms with van der Waals surface area (Å²) in [5.74, 6) is 0. The molecule has 1 aliphatic carbocycles. The first-order valence-electron chi connectivity index (χ1n) is 6.65. The van der Waals surface area contributed by atoms with E-state index in [4.69, 9.17) is 4.98 Å². The molecule has 0 spiro atoms. The number of benzene rings is 1. The van der Waals surface area contributed by atoms with Gasteiger partial charge in [0.1, 0.15) is 5.65 Å². The lowest BCUT2D eigenvalue weighted by molar-refractivity contribution is 0.638. The third-order valence-corrected chi connectivity index (χ3v) is 4.33. The van der Waals surface area contributed by atoms with Crippen LogP contribution in [0.3, 0.4) is 0 Å².